The van der Waals surface area contributed by atoms with Gasteiger partial charge in [-0.3, -0.25) is 24.3 Å². The number of hydrogen-bond acceptors (Lipinski definition) is 19. The Morgan fingerprint density at radius 2 is 1.62 bits per heavy atom. The number of aryl methyl sites for hydroxylation is 1. The maximum Gasteiger partial charge on any atom is 0.438 e. The van der Waals surface area contributed by atoms with Gasteiger partial charge in [0.15, 0.2) is 23.2 Å². The SMILES string of the molecule is CC(C)(C)OOC(=O)NCCC[n+]1ccc(Oc2ccc(OCC(O/N=C(\C(=O)N[C@@H]3C(=O)N(OS(=O)(=O)O)C3(C)C)c3csc(NC(=O)OC(C)(C)C)n3)C(=O)OC(C)(C)C)cn2)cc1. The number of nitrogens with one attached hydrogen (secondary N) is 3. The van der Waals surface area contributed by atoms with E-state index in [1.807, 2.05) is 4.57 Å². The van der Waals surface area contributed by atoms with E-state index < -0.39 is 87.2 Å². The van der Waals surface area contributed by atoms with Crippen LogP contribution in [0.25, 0.3) is 0 Å². The molecule has 1 unspecified atom stereocenters. The summed E-state index contributed by atoms with van der Waals surface area (Å²) >= 11 is 0.877. The van der Waals surface area contributed by atoms with Crippen molar-refractivity contribution in [1.29, 1.82) is 0 Å². The first-order chi connectivity index (χ1) is 30.5. The van der Waals surface area contributed by atoms with Crippen molar-refractivity contribution in [3.8, 4) is 17.4 Å². The fourth-order valence-electron chi connectivity index (χ4n) is 5.19. The van der Waals surface area contributed by atoms with Crippen LogP contribution in [-0.4, -0.2) is 111 Å². The van der Waals surface area contributed by atoms with Crippen molar-refractivity contribution in [1.82, 2.24) is 25.7 Å². The minimum atomic E-state index is -5.09. The van der Waals surface area contributed by atoms with Gasteiger partial charge in [-0.15, -0.1) is 15.6 Å². The van der Waals surface area contributed by atoms with Crippen LogP contribution in [0.3, 0.4) is 0 Å². The second-order valence-corrected chi connectivity index (χ2v) is 19.7. The second-order valence-electron chi connectivity index (χ2n) is 17.8. The molecule has 4 amide bonds. The van der Waals surface area contributed by atoms with E-state index in [1.165, 1.54) is 37.6 Å². The van der Waals surface area contributed by atoms with E-state index in [4.69, 9.17) is 38.1 Å². The van der Waals surface area contributed by atoms with Gasteiger partial charge in [0, 0.05) is 36.5 Å². The molecular formula is C40H55N8O16S2+. The standard InChI is InChI=1S/C40H54N8O16S2/c1-37(2,3)59-33(51)27(22-57-25-13-14-28(42-21-25)58-24-15-19-47(20-16-24)18-12-17-41-35(52)62-63-39(7,8)9)61-46-29(26-23-65-34(43-26)45-36(53)60-38(4,5)6)31(49)44-30-32(50)48(40(30,10)11)64-66(54,55)56/h13-16,19-21,23,27,30H,12,17-18,22H2,1-11H3,(H3-,41,43,44,45,49,52,53,54,55,56)/p+1/b46-29-/t27?,30-/m1/s1. The molecule has 66 heavy (non-hydrogen) atoms. The van der Waals surface area contributed by atoms with E-state index in [9.17, 15) is 32.4 Å². The number of esters is 1. The summed E-state index contributed by atoms with van der Waals surface area (Å²) in [6, 6.07) is 5.08. The first-order valence-electron chi connectivity index (χ1n) is 20.1. The molecule has 24 nitrogen and oxygen atoms in total. The third kappa shape index (κ3) is 17.0. The summed E-state index contributed by atoms with van der Waals surface area (Å²) in [6.07, 6.45) is 2.38. The molecule has 362 valence electrons. The Morgan fingerprint density at radius 1 is 0.955 bits per heavy atom. The Morgan fingerprint density at radius 3 is 2.20 bits per heavy atom. The van der Waals surface area contributed by atoms with E-state index in [2.05, 4.69) is 35.4 Å². The Kier molecular flexibility index (Phi) is 17.0. The quantitative estimate of drug-likeness (QED) is 0.0192. The molecule has 1 aliphatic heterocycles. The molecule has 1 saturated heterocycles. The molecule has 4 N–H and O–H groups in total. The number of aromatic nitrogens is 3. The molecule has 0 saturated carbocycles. The predicted molar refractivity (Wildman–Crippen MR) is 231 cm³/mol. The summed E-state index contributed by atoms with van der Waals surface area (Å²) in [4.78, 5) is 88.1. The molecule has 0 spiro atoms. The molecule has 4 heterocycles. The van der Waals surface area contributed by atoms with Gasteiger partial charge >= 0.3 is 28.6 Å². The minimum Gasteiger partial charge on any atom is -0.487 e. The number of β-lactam (4-membered cyclic amide) rings is 1. The lowest BCUT2D eigenvalue weighted by Gasteiger charge is -2.50. The van der Waals surface area contributed by atoms with Crippen LogP contribution in [0.5, 0.6) is 17.4 Å². The fraction of sp³-hybridized carbons (Fsp3) is 0.525. The van der Waals surface area contributed by atoms with Crippen LogP contribution in [0.15, 0.2) is 53.4 Å². The molecule has 1 aliphatic rings. The highest BCUT2D eigenvalue weighted by Gasteiger charge is 2.58. The van der Waals surface area contributed by atoms with Crippen molar-refractivity contribution >= 4 is 62.5 Å². The number of anilines is 1. The molecular weight excluding hydrogens is 913 g/mol. The van der Waals surface area contributed by atoms with Crippen LogP contribution in [0.2, 0.25) is 0 Å². The average Bonchev–Trinajstić information content (AvgIpc) is 3.64. The number of oxime groups is 1. The molecule has 3 aromatic heterocycles. The van der Waals surface area contributed by atoms with Gasteiger partial charge in [-0.1, -0.05) is 5.16 Å². The van der Waals surface area contributed by atoms with Crippen LogP contribution in [0.4, 0.5) is 14.7 Å². The zero-order valence-corrected chi connectivity index (χ0v) is 39.9. The number of rotatable bonds is 19. The van der Waals surface area contributed by atoms with Crippen LogP contribution >= 0.6 is 11.3 Å². The van der Waals surface area contributed by atoms with Gasteiger partial charge in [-0.2, -0.15) is 18.4 Å². The lowest BCUT2D eigenvalue weighted by molar-refractivity contribution is -0.697. The highest BCUT2D eigenvalue weighted by molar-refractivity contribution is 7.80. The highest BCUT2D eigenvalue weighted by Crippen LogP contribution is 2.33. The molecule has 3 aromatic rings. The molecule has 4 rings (SSSR count). The topological polar surface area (TPSA) is 295 Å². The molecule has 0 radical (unpaired) electrons. The number of hydroxylamine groups is 2. The van der Waals surface area contributed by atoms with Gasteiger partial charge in [-0.25, -0.2) is 28.9 Å². The van der Waals surface area contributed by atoms with Crippen molar-refractivity contribution < 1.29 is 79.4 Å². The largest absolute Gasteiger partial charge is 0.487 e. The number of carbonyl (C=O) groups is 5. The van der Waals surface area contributed by atoms with Gasteiger partial charge in [0.05, 0.1) is 11.7 Å². The van der Waals surface area contributed by atoms with E-state index >= 15 is 0 Å². The average molecular weight is 968 g/mol. The fourth-order valence-corrected chi connectivity index (χ4v) is 6.33. The number of thiazole rings is 1. The van der Waals surface area contributed by atoms with Crippen LogP contribution in [0, 0.1) is 0 Å². The van der Waals surface area contributed by atoms with E-state index in [0.29, 0.717) is 30.3 Å². The summed E-state index contributed by atoms with van der Waals surface area (Å²) in [5.74, 6) is -2.20. The number of ether oxygens (including phenoxy) is 4. The summed E-state index contributed by atoms with van der Waals surface area (Å²) in [5, 5.41) is 13.1. The molecule has 1 fully saturated rings. The van der Waals surface area contributed by atoms with Crippen molar-refractivity contribution in [2.75, 3.05) is 18.5 Å². The van der Waals surface area contributed by atoms with Crippen LogP contribution in [0.1, 0.15) is 88.3 Å². The van der Waals surface area contributed by atoms with E-state index in [-0.39, 0.29) is 22.5 Å². The van der Waals surface area contributed by atoms with E-state index in [1.54, 1.807) is 86.8 Å². The third-order valence-corrected chi connectivity index (χ3v) is 9.15. The first-order valence-corrected chi connectivity index (χ1v) is 22.4. The smallest absolute Gasteiger partial charge is 0.438 e. The van der Waals surface area contributed by atoms with Crippen LogP contribution < -0.4 is 30.0 Å². The lowest BCUT2D eigenvalue weighted by Crippen LogP contribution is -2.76. The second kappa shape index (κ2) is 21.4. The van der Waals surface area contributed by atoms with Gasteiger partial charge in [-0.05, 0) is 82.2 Å². The summed E-state index contributed by atoms with van der Waals surface area (Å²) < 4.78 is 60.5. The number of amides is 4. The Labute approximate surface area is 385 Å². The Bertz CT molecular complexity index is 2340. The Balaban J connectivity index is 1.46. The summed E-state index contributed by atoms with van der Waals surface area (Å²) in [5.41, 5.74) is -4.75. The lowest BCUT2D eigenvalue weighted by atomic mass is 9.84. The van der Waals surface area contributed by atoms with Crippen molar-refractivity contribution in [3.63, 3.8) is 0 Å². The predicted octanol–water partition coefficient (Wildman–Crippen LogP) is 4.16. The van der Waals surface area contributed by atoms with E-state index in [0.717, 1.165) is 11.3 Å². The van der Waals surface area contributed by atoms with Crippen LogP contribution in [-0.2, 0) is 59.7 Å². The van der Waals surface area contributed by atoms with Gasteiger partial charge < -0.3 is 34.4 Å². The maximum absolute atomic E-state index is 13.8. The normalized spacial score (nSPS) is 15.7. The number of pyridine rings is 2. The summed E-state index contributed by atoms with van der Waals surface area (Å²) in [7, 11) is -5.09. The molecule has 0 aromatic carbocycles. The molecule has 26 heteroatoms. The number of hydrogen-bond donors (Lipinski definition) is 4. The zero-order chi connectivity index (χ0) is 49.3. The first kappa shape index (κ1) is 52.4. The van der Waals surface area contributed by atoms with Gasteiger partial charge in [0.1, 0.15) is 53.2 Å². The number of nitrogens with zero attached hydrogens (tertiary/aromatic N) is 5. The summed E-state index contributed by atoms with van der Waals surface area (Å²) in [6.45, 7) is 18.2. The van der Waals surface area contributed by atoms with Crippen molar-refractivity contribution in [2.45, 2.75) is 124 Å². The van der Waals surface area contributed by atoms with Crippen molar-refractivity contribution in [2.24, 2.45) is 5.16 Å². The number of carbonyl (C=O) groups excluding carboxylic acids is 5. The maximum atomic E-state index is 13.8. The Hall–Kier alpha value is -6.22. The molecule has 0 bridgehead atoms. The molecule has 0 aliphatic carbocycles. The molecule has 2 atom stereocenters. The third-order valence-electron chi connectivity index (χ3n) is 8.06. The van der Waals surface area contributed by atoms with Gasteiger partial charge in [0.2, 0.25) is 5.88 Å². The minimum absolute atomic E-state index is 0.0242. The van der Waals surface area contributed by atoms with Crippen molar-refractivity contribution in [3.05, 3.63) is 53.9 Å². The highest BCUT2D eigenvalue weighted by atomic mass is 32.3. The van der Waals surface area contributed by atoms with Gasteiger partial charge in [0.25, 0.3) is 17.9 Å². The monoisotopic (exact) mass is 967 g/mol. The zero-order valence-electron chi connectivity index (χ0n) is 38.2.